The molecule has 30 heavy (non-hydrogen) atoms. The summed E-state index contributed by atoms with van der Waals surface area (Å²) in [6, 6.07) is 0. The van der Waals surface area contributed by atoms with Gasteiger partial charge in [-0.3, -0.25) is 4.79 Å². The number of carbonyl (C=O) groups is 1. The molecule has 170 valence electrons. The molecule has 4 heteroatoms. The van der Waals surface area contributed by atoms with Crippen LogP contribution in [0.1, 0.15) is 68.2 Å². The highest BCUT2D eigenvalue weighted by atomic mass is 28.4. The second-order valence-electron chi connectivity index (χ2n) is 13.4. The lowest BCUT2D eigenvalue weighted by Crippen LogP contribution is -2.51. The van der Waals surface area contributed by atoms with Gasteiger partial charge in [-0.05, 0) is 72.6 Å². The van der Waals surface area contributed by atoms with Crippen LogP contribution in [0.25, 0.3) is 0 Å². The summed E-state index contributed by atoms with van der Waals surface area (Å²) in [5.74, 6) is 1.90. The highest BCUT2D eigenvalue weighted by molar-refractivity contribution is 6.74. The van der Waals surface area contributed by atoms with Gasteiger partial charge in [-0.15, -0.1) is 0 Å². The van der Waals surface area contributed by atoms with Crippen LogP contribution in [0.5, 0.6) is 0 Å². The number of allylic oxidation sites excluding steroid dienone is 1. The number of aliphatic hydroxyl groups excluding tert-OH is 1. The van der Waals surface area contributed by atoms with Crippen molar-refractivity contribution in [2.45, 2.75) is 98.6 Å². The maximum atomic E-state index is 14.5. The molecule has 4 aliphatic rings. The summed E-state index contributed by atoms with van der Waals surface area (Å²) in [5.41, 5.74) is 0.711. The Bertz CT molecular complexity index is 776. The van der Waals surface area contributed by atoms with Gasteiger partial charge in [-0.1, -0.05) is 54.5 Å². The van der Waals surface area contributed by atoms with Crippen LogP contribution >= 0.6 is 0 Å². The molecule has 0 aromatic carbocycles. The molecule has 3 fully saturated rings. The molecule has 1 spiro atoms. The van der Waals surface area contributed by atoms with Crippen molar-refractivity contribution >= 4 is 14.1 Å². The van der Waals surface area contributed by atoms with Crippen molar-refractivity contribution in [3.8, 4) is 0 Å². The van der Waals surface area contributed by atoms with Crippen LogP contribution in [0.3, 0.4) is 0 Å². The average molecular weight is 433 g/mol. The second kappa shape index (κ2) is 6.54. The number of carbonyl (C=O) groups excluding carboxylic acids is 1. The molecule has 4 rings (SSSR count). The van der Waals surface area contributed by atoms with Crippen molar-refractivity contribution in [3.63, 3.8) is 0 Å². The summed E-state index contributed by atoms with van der Waals surface area (Å²) < 4.78 is 7.11. The molecule has 0 saturated heterocycles. The fourth-order valence-corrected chi connectivity index (χ4v) is 8.82. The first-order valence-electron chi connectivity index (χ1n) is 12.2. The molecule has 0 amide bonds. The van der Waals surface area contributed by atoms with E-state index in [1.165, 1.54) is 0 Å². The first-order chi connectivity index (χ1) is 13.6. The first-order valence-corrected chi connectivity index (χ1v) is 15.1. The van der Waals surface area contributed by atoms with Crippen molar-refractivity contribution < 1.29 is 14.3 Å². The summed E-state index contributed by atoms with van der Waals surface area (Å²) >= 11 is 0. The monoisotopic (exact) mass is 432 g/mol. The van der Waals surface area contributed by atoms with Gasteiger partial charge >= 0.3 is 0 Å². The van der Waals surface area contributed by atoms with E-state index in [1.807, 2.05) is 6.92 Å². The Labute approximate surface area is 185 Å². The number of rotatable bonds is 2. The van der Waals surface area contributed by atoms with Crippen LogP contribution in [0, 0.1) is 46.3 Å². The zero-order chi connectivity index (χ0) is 22.6. The Kier molecular flexibility index (Phi) is 4.96. The Balaban J connectivity index is 1.85. The van der Waals surface area contributed by atoms with Crippen LogP contribution in [-0.2, 0) is 9.22 Å². The van der Waals surface area contributed by atoms with Gasteiger partial charge in [0.05, 0.1) is 17.6 Å². The van der Waals surface area contributed by atoms with Gasteiger partial charge in [0.25, 0.3) is 0 Å². The highest BCUT2D eigenvalue weighted by Crippen LogP contribution is 2.72. The number of hydrogen-bond donors (Lipinski definition) is 1. The van der Waals surface area contributed by atoms with Gasteiger partial charge < -0.3 is 9.53 Å². The SMILES string of the molecule is CC1=C[C@]23C(=O)[C@@H]([C@H](O[Si](C)(C)C(C)(C)C)[C@H](C)C[C@@H]2[C@H]1O)[C@@H]1[C@@H](C[C@H]3C)C1(C)C. The summed E-state index contributed by atoms with van der Waals surface area (Å²) in [5, 5.41) is 11.3. The second-order valence-corrected chi connectivity index (χ2v) is 18.2. The third-order valence-corrected chi connectivity index (χ3v) is 14.9. The minimum absolute atomic E-state index is 0.00567. The molecule has 4 aliphatic carbocycles. The fraction of sp³-hybridized carbons (Fsp3) is 0.885. The molecule has 3 nitrogen and oxygen atoms in total. The van der Waals surface area contributed by atoms with Crippen molar-refractivity contribution in [2.75, 3.05) is 0 Å². The fourth-order valence-electron chi connectivity index (χ4n) is 7.40. The largest absolute Gasteiger partial charge is 0.413 e. The van der Waals surface area contributed by atoms with Gasteiger partial charge in [0.1, 0.15) is 5.78 Å². The predicted octanol–water partition coefficient (Wildman–Crippen LogP) is 5.84. The molecule has 0 aliphatic heterocycles. The molecule has 9 atom stereocenters. The standard InChI is InChI=1S/C26H44O3Si/c1-14-11-18-21(27)15(2)13-26(18)16(3)12-17-20(25(17,7)8)19(23(26)28)22(14)29-30(9,10)24(4,5)6/h13-14,16-22,27H,11-12H2,1-10H3/t14-,16-,17-,18-,19-,20+,21+,22-,26-/m1/s1. The van der Waals surface area contributed by atoms with Gasteiger partial charge in [-0.2, -0.15) is 0 Å². The molecule has 3 saturated carbocycles. The number of hydrogen-bond acceptors (Lipinski definition) is 3. The van der Waals surface area contributed by atoms with Crippen LogP contribution < -0.4 is 0 Å². The Morgan fingerprint density at radius 3 is 2.30 bits per heavy atom. The average Bonchev–Trinajstić information content (AvgIpc) is 3.07. The van der Waals surface area contributed by atoms with E-state index in [4.69, 9.17) is 4.43 Å². The zero-order valence-electron chi connectivity index (χ0n) is 20.9. The van der Waals surface area contributed by atoms with E-state index in [9.17, 15) is 9.90 Å². The van der Waals surface area contributed by atoms with Gasteiger partial charge in [0.2, 0.25) is 0 Å². The third-order valence-electron chi connectivity index (χ3n) is 10.4. The van der Waals surface area contributed by atoms with Gasteiger partial charge in [-0.25, -0.2) is 0 Å². The minimum atomic E-state index is -2.03. The lowest BCUT2D eigenvalue weighted by molar-refractivity contribution is -0.139. The van der Waals surface area contributed by atoms with Crippen molar-refractivity contribution in [1.29, 1.82) is 0 Å². The van der Waals surface area contributed by atoms with Crippen molar-refractivity contribution in [3.05, 3.63) is 11.6 Å². The Hall–Kier alpha value is -0.453. The Morgan fingerprint density at radius 1 is 1.13 bits per heavy atom. The van der Waals surface area contributed by atoms with Crippen LogP contribution in [0.2, 0.25) is 18.1 Å². The maximum Gasteiger partial charge on any atom is 0.192 e. The molecule has 0 aromatic heterocycles. The molecule has 0 unspecified atom stereocenters. The normalized spacial score (nSPS) is 47.7. The first kappa shape index (κ1) is 22.7. The van der Waals surface area contributed by atoms with E-state index in [2.05, 4.69) is 67.6 Å². The van der Waals surface area contributed by atoms with Crippen molar-refractivity contribution in [1.82, 2.24) is 0 Å². The quantitative estimate of drug-likeness (QED) is 0.440. The smallest absolute Gasteiger partial charge is 0.192 e. The summed E-state index contributed by atoms with van der Waals surface area (Å²) in [6.07, 6.45) is 3.64. The molecular formula is C26H44O3Si. The van der Waals surface area contributed by atoms with Gasteiger partial charge in [0, 0.05) is 11.8 Å². The van der Waals surface area contributed by atoms with Crippen molar-refractivity contribution in [2.24, 2.45) is 46.3 Å². The number of Topliss-reactive ketones (excluding diaryl/α,β-unsaturated/α-hetero) is 1. The highest BCUT2D eigenvalue weighted by Gasteiger charge is 2.72. The molecular weight excluding hydrogens is 388 g/mol. The zero-order valence-corrected chi connectivity index (χ0v) is 21.9. The lowest BCUT2D eigenvalue weighted by atomic mass is 9.62. The van der Waals surface area contributed by atoms with Crippen LogP contribution in [0.4, 0.5) is 0 Å². The topological polar surface area (TPSA) is 46.5 Å². The molecule has 0 aromatic rings. The lowest BCUT2D eigenvalue weighted by Gasteiger charge is -2.43. The summed E-state index contributed by atoms with van der Waals surface area (Å²) in [7, 11) is -2.03. The predicted molar refractivity (Wildman–Crippen MR) is 125 cm³/mol. The number of ketones is 1. The van der Waals surface area contributed by atoms with E-state index in [-0.39, 0.29) is 40.2 Å². The summed E-state index contributed by atoms with van der Waals surface area (Å²) in [6.45, 7) is 22.8. The van der Waals surface area contributed by atoms with E-state index < -0.39 is 19.8 Å². The number of fused-ring (bicyclic) bond motifs is 3. The van der Waals surface area contributed by atoms with E-state index in [1.54, 1.807) is 0 Å². The third kappa shape index (κ3) is 2.85. The molecule has 0 radical (unpaired) electrons. The van der Waals surface area contributed by atoms with E-state index >= 15 is 0 Å². The van der Waals surface area contributed by atoms with Gasteiger partial charge in [0.15, 0.2) is 8.32 Å². The van der Waals surface area contributed by atoms with Crippen LogP contribution in [-0.4, -0.2) is 31.4 Å². The minimum Gasteiger partial charge on any atom is -0.413 e. The molecule has 2 bridgehead atoms. The maximum absolute atomic E-state index is 14.5. The van der Waals surface area contributed by atoms with Crippen LogP contribution in [0.15, 0.2) is 11.6 Å². The van der Waals surface area contributed by atoms with E-state index in [0.717, 1.165) is 18.4 Å². The van der Waals surface area contributed by atoms with E-state index in [0.29, 0.717) is 17.6 Å². The Morgan fingerprint density at radius 2 is 1.73 bits per heavy atom. The molecule has 0 heterocycles. The summed E-state index contributed by atoms with van der Waals surface area (Å²) in [4.78, 5) is 14.5. The number of aliphatic hydroxyl groups is 1. The molecule has 1 N–H and O–H groups in total.